The minimum absolute atomic E-state index is 0.648. The van der Waals surface area contributed by atoms with Crippen LogP contribution in [0.3, 0.4) is 0 Å². The third kappa shape index (κ3) is 5.16. The van der Waals surface area contributed by atoms with Gasteiger partial charge in [-0.25, -0.2) is 15.0 Å². The SMILES string of the molecule is c1ccc(-c2ccc(-c3nc(-c4ccc5ccccc5c4)nc(-c4cc5sc6c(-c7ccccc7)cccc6c5c5ccccc45)n3)cc2)cc1. The molecule has 0 radical (unpaired) electrons. The Morgan fingerprint density at radius 1 is 0.333 bits per heavy atom. The van der Waals surface area contributed by atoms with Crippen molar-refractivity contribution in [1.29, 1.82) is 0 Å². The van der Waals surface area contributed by atoms with Crippen molar-refractivity contribution >= 4 is 53.1 Å². The minimum Gasteiger partial charge on any atom is -0.208 e. The molecule has 238 valence electrons. The van der Waals surface area contributed by atoms with E-state index in [0.29, 0.717) is 17.5 Å². The summed E-state index contributed by atoms with van der Waals surface area (Å²) >= 11 is 1.84. The van der Waals surface area contributed by atoms with Gasteiger partial charge < -0.3 is 0 Å². The monoisotopic (exact) mass is 667 g/mol. The minimum atomic E-state index is 0.648. The number of rotatable bonds is 5. The lowest BCUT2D eigenvalue weighted by molar-refractivity contribution is 1.08. The van der Waals surface area contributed by atoms with E-state index in [1.165, 1.54) is 47.6 Å². The summed E-state index contributed by atoms with van der Waals surface area (Å²) in [6.07, 6.45) is 0. The molecule has 8 aromatic carbocycles. The first-order valence-electron chi connectivity index (χ1n) is 17.1. The zero-order valence-corrected chi connectivity index (χ0v) is 28.3. The van der Waals surface area contributed by atoms with Crippen molar-refractivity contribution in [1.82, 2.24) is 15.0 Å². The summed E-state index contributed by atoms with van der Waals surface area (Å²) in [5.41, 5.74) is 7.70. The molecule has 2 aromatic heterocycles. The van der Waals surface area contributed by atoms with E-state index in [9.17, 15) is 0 Å². The van der Waals surface area contributed by atoms with Crippen LogP contribution < -0.4 is 0 Å². The van der Waals surface area contributed by atoms with Gasteiger partial charge in [-0.2, -0.15) is 0 Å². The van der Waals surface area contributed by atoms with E-state index in [4.69, 9.17) is 15.0 Å². The number of aromatic nitrogens is 3. The lowest BCUT2D eigenvalue weighted by Gasteiger charge is -2.12. The van der Waals surface area contributed by atoms with Crippen molar-refractivity contribution in [2.75, 3.05) is 0 Å². The molecule has 0 aliphatic rings. The van der Waals surface area contributed by atoms with Gasteiger partial charge in [-0.3, -0.25) is 0 Å². The van der Waals surface area contributed by atoms with Gasteiger partial charge in [0.2, 0.25) is 0 Å². The first-order chi connectivity index (χ1) is 25.3. The van der Waals surface area contributed by atoms with Crippen molar-refractivity contribution in [2.45, 2.75) is 0 Å². The molecular weight excluding hydrogens is 639 g/mol. The molecule has 0 amide bonds. The summed E-state index contributed by atoms with van der Waals surface area (Å²) in [6.45, 7) is 0. The molecule has 10 rings (SSSR count). The van der Waals surface area contributed by atoms with Gasteiger partial charge in [-0.15, -0.1) is 11.3 Å². The number of fused-ring (bicyclic) bond motifs is 6. The van der Waals surface area contributed by atoms with E-state index in [1.807, 2.05) is 17.4 Å². The fraction of sp³-hybridized carbons (Fsp3) is 0. The fourth-order valence-corrected chi connectivity index (χ4v) is 8.51. The number of nitrogens with zero attached hydrogens (tertiary/aromatic N) is 3. The molecule has 0 unspecified atom stereocenters. The van der Waals surface area contributed by atoms with E-state index in [1.54, 1.807) is 0 Å². The van der Waals surface area contributed by atoms with Crippen LogP contribution in [0, 0.1) is 0 Å². The standard InChI is InChI=1S/C47H29N3S/c1-3-12-30(13-4-1)32-22-25-34(26-23-32)45-48-46(36-27-24-31-14-7-8-17-35(31)28-36)50-47(49-45)41-29-42-43(39-19-10-9-18-38(39)41)40-21-11-20-37(44(40)51-42)33-15-5-2-6-16-33/h1-29H. The lowest BCUT2D eigenvalue weighted by atomic mass is 9.97. The molecule has 0 atom stereocenters. The van der Waals surface area contributed by atoms with Gasteiger partial charge in [-0.05, 0) is 55.9 Å². The average molecular weight is 668 g/mol. The average Bonchev–Trinajstić information content (AvgIpc) is 3.60. The predicted octanol–water partition coefficient (Wildman–Crippen LogP) is 12.9. The highest BCUT2D eigenvalue weighted by Gasteiger charge is 2.19. The number of hydrogen-bond donors (Lipinski definition) is 0. The van der Waals surface area contributed by atoms with E-state index < -0.39 is 0 Å². The molecule has 0 aliphatic carbocycles. The Hall–Kier alpha value is -6.49. The van der Waals surface area contributed by atoms with Gasteiger partial charge in [0.05, 0.1) is 0 Å². The molecule has 2 heterocycles. The van der Waals surface area contributed by atoms with Gasteiger partial charge in [0.1, 0.15) is 0 Å². The van der Waals surface area contributed by atoms with Crippen molar-refractivity contribution in [2.24, 2.45) is 0 Å². The molecule has 10 aromatic rings. The van der Waals surface area contributed by atoms with Crippen LogP contribution in [0.1, 0.15) is 0 Å². The second-order valence-corrected chi connectivity index (χ2v) is 13.9. The van der Waals surface area contributed by atoms with Crippen LogP contribution in [0.4, 0.5) is 0 Å². The summed E-state index contributed by atoms with van der Waals surface area (Å²) in [5.74, 6) is 1.96. The Kier molecular flexibility index (Phi) is 7.00. The van der Waals surface area contributed by atoms with E-state index in [2.05, 4.69) is 170 Å². The van der Waals surface area contributed by atoms with Crippen LogP contribution in [0.25, 0.3) is 98.1 Å². The molecule has 51 heavy (non-hydrogen) atoms. The van der Waals surface area contributed by atoms with E-state index in [-0.39, 0.29) is 0 Å². The van der Waals surface area contributed by atoms with Gasteiger partial charge in [0.25, 0.3) is 0 Å². The van der Waals surface area contributed by atoms with E-state index >= 15 is 0 Å². The second kappa shape index (κ2) is 12.1. The number of thiophene rings is 1. The largest absolute Gasteiger partial charge is 0.208 e. The van der Waals surface area contributed by atoms with Gasteiger partial charge in [0.15, 0.2) is 17.5 Å². The Morgan fingerprint density at radius 2 is 0.902 bits per heavy atom. The predicted molar refractivity (Wildman–Crippen MR) is 215 cm³/mol. The summed E-state index contributed by atoms with van der Waals surface area (Å²) in [4.78, 5) is 15.6. The normalized spacial score (nSPS) is 11.5. The zero-order valence-electron chi connectivity index (χ0n) is 27.5. The summed E-state index contributed by atoms with van der Waals surface area (Å²) in [6, 6.07) is 62.1. The number of benzene rings is 8. The quantitative estimate of drug-likeness (QED) is 0.183. The van der Waals surface area contributed by atoms with Gasteiger partial charge in [0, 0.05) is 36.9 Å². The topological polar surface area (TPSA) is 38.7 Å². The van der Waals surface area contributed by atoms with Crippen LogP contribution in [-0.4, -0.2) is 15.0 Å². The molecule has 0 fully saturated rings. The lowest BCUT2D eigenvalue weighted by Crippen LogP contribution is -2.00. The molecule has 3 nitrogen and oxygen atoms in total. The highest BCUT2D eigenvalue weighted by molar-refractivity contribution is 7.26. The van der Waals surface area contributed by atoms with Crippen molar-refractivity contribution in [3.63, 3.8) is 0 Å². The molecule has 0 bridgehead atoms. The Balaban J connectivity index is 1.20. The third-order valence-corrected chi connectivity index (χ3v) is 10.9. The molecule has 0 aliphatic heterocycles. The second-order valence-electron chi connectivity index (χ2n) is 12.8. The molecule has 4 heteroatoms. The van der Waals surface area contributed by atoms with Crippen LogP contribution >= 0.6 is 11.3 Å². The summed E-state index contributed by atoms with van der Waals surface area (Å²) in [7, 11) is 0. The van der Waals surface area contributed by atoms with Crippen molar-refractivity contribution in [3.05, 3.63) is 176 Å². The third-order valence-electron chi connectivity index (χ3n) is 9.72. The van der Waals surface area contributed by atoms with Gasteiger partial charge >= 0.3 is 0 Å². The highest BCUT2D eigenvalue weighted by atomic mass is 32.1. The maximum absolute atomic E-state index is 5.23. The van der Waals surface area contributed by atoms with Crippen LogP contribution in [-0.2, 0) is 0 Å². The Labute approximate surface area is 299 Å². The first kappa shape index (κ1) is 29.4. The molecule has 0 spiro atoms. The maximum Gasteiger partial charge on any atom is 0.164 e. The summed E-state index contributed by atoms with van der Waals surface area (Å²) in [5, 5.41) is 7.19. The number of hydrogen-bond acceptors (Lipinski definition) is 4. The van der Waals surface area contributed by atoms with Crippen molar-refractivity contribution in [3.8, 4) is 56.4 Å². The summed E-state index contributed by atoms with van der Waals surface area (Å²) < 4.78 is 2.50. The van der Waals surface area contributed by atoms with Crippen LogP contribution in [0.2, 0.25) is 0 Å². The molecule has 0 saturated carbocycles. The molecule has 0 saturated heterocycles. The van der Waals surface area contributed by atoms with Crippen LogP contribution in [0.5, 0.6) is 0 Å². The van der Waals surface area contributed by atoms with Gasteiger partial charge in [-0.1, -0.05) is 164 Å². The Bertz CT molecular complexity index is 2900. The van der Waals surface area contributed by atoms with E-state index in [0.717, 1.165) is 33.0 Å². The zero-order chi connectivity index (χ0) is 33.7. The first-order valence-corrected chi connectivity index (χ1v) is 17.9. The fourth-order valence-electron chi connectivity index (χ4n) is 7.22. The smallest absolute Gasteiger partial charge is 0.164 e. The maximum atomic E-state index is 5.23. The van der Waals surface area contributed by atoms with Crippen molar-refractivity contribution < 1.29 is 0 Å². The highest BCUT2D eigenvalue weighted by Crippen LogP contribution is 2.45. The van der Waals surface area contributed by atoms with Crippen LogP contribution in [0.15, 0.2) is 176 Å². The molecular formula is C47H29N3S. The Morgan fingerprint density at radius 3 is 1.69 bits per heavy atom. The molecule has 0 N–H and O–H groups in total.